The Hall–Kier alpha value is -3.23. The Bertz CT molecular complexity index is 1420. The van der Waals surface area contributed by atoms with Gasteiger partial charge in [0.1, 0.15) is 5.82 Å². The molecule has 1 N–H and O–H groups in total. The standard InChI is InChI=1S/C27H28FN3O3S/c1-17-8-10-24-21(14-17)22-16-30(3)13-12-25(22)31(24)27(32)20-6-4-5-7-23(20)29-35(33,34)26-11-9-19(28)15-18(26)2/h4-11,14-15,22,25,29H,12-13,16H2,1-3H3/t22-,25-/m1/s1. The number of fused-ring (bicyclic) bond motifs is 3. The molecule has 0 aromatic heterocycles. The lowest BCUT2D eigenvalue weighted by atomic mass is 9.88. The fourth-order valence-corrected chi connectivity index (χ4v) is 6.66. The van der Waals surface area contributed by atoms with Gasteiger partial charge >= 0.3 is 0 Å². The number of piperidine rings is 1. The number of sulfonamides is 1. The Morgan fingerprint density at radius 2 is 1.83 bits per heavy atom. The number of hydrogen-bond acceptors (Lipinski definition) is 4. The van der Waals surface area contributed by atoms with Crippen molar-refractivity contribution in [2.45, 2.75) is 37.1 Å². The number of anilines is 2. The van der Waals surface area contributed by atoms with Crippen LogP contribution in [0.5, 0.6) is 0 Å². The quantitative estimate of drug-likeness (QED) is 0.573. The Morgan fingerprint density at radius 1 is 1.06 bits per heavy atom. The Kier molecular flexibility index (Phi) is 5.89. The van der Waals surface area contributed by atoms with Gasteiger partial charge in [0.15, 0.2) is 0 Å². The molecule has 0 radical (unpaired) electrons. The summed E-state index contributed by atoms with van der Waals surface area (Å²) in [5, 5.41) is 0. The number of halogens is 1. The van der Waals surface area contributed by atoms with E-state index in [1.54, 1.807) is 24.3 Å². The monoisotopic (exact) mass is 493 g/mol. The molecule has 0 unspecified atom stereocenters. The number of benzene rings is 3. The van der Waals surface area contributed by atoms with Crippen LogP contribution in [0.4, 0.5) is 15.8 Å². The lowest BCUT2D eigenvalue weighted by molar-refractivity contribution is 0.0965. The van der Waals surface area contributed by atoms with Gasteiger partial charge in [0.05, 0.1) is 16.1 Å². The van der Waals surface area contributed by atoms with E-state index in [0.29, 0.717) is 5.56 Å². The molecule has 3 aromatic carbocycles. The maximum absolute atomic E-state index is 14.0. The predicted octanol–water partition coefficient (Wildman–Crippen LogP) is 4.69. The Morgan fingerprint density at radius 3 is 2.60 bits per heavy atom. The number of likely N-dealkylation sites (N-methyl/N-ethyl adjacent to an activating group) is 1. The molecule has 35 heavy (non-hydrogen) atoms. The number of amides is 1. The van der Waals surface area contributed by atoms with Gasteiger partial charge in [-0.3, -0.25) is 9.52 Å². The summed E-state index contributed by atoms with van der Waals surface area (Å²) in [6, 6.07) is 16.3. The molecule has 0 bridgehead atoms. The van der Waals surface area contributed by atoms with Gasteiger partial charge in [-0.25, -0.2) is 12.8 Å². The van der Waals surface area contributed by atoms with Crippen molar-refractivity contribution in [3.05, 3.63) is 88.7 Å². The number of likely N-dealkylation sites (tertiary alicyclic amines) is 1. The normalized spacial score (nSPS) is 19.8. The van der Waals surface area contributed by atoms with Crippen molar-refractivity contribution >= 4 is 27.3 Å². The number of rotatable bonds is 4. The van der Waals surface area contributed by atoms with Crippen LogP contribution >= 0.6 is 0 Å². The first-order valence-electron chi connectivity index (χ1n) is 11.7. The highest BCUT2D eigenvalue weighted by Gasteiger charge is 2.44. The molecule has 2 aliphatic heterocycles. The minimum atomic E-state index is -4.03. The van der Waals surface area contributed by atoms with Crippen LogP contribution in [-0.4, -0.2) is 45.4 Å². The molecule has 6 nitrogen and oxygen atoms in total. The fourth-order valence-electron chi connectivity index (χ4n) is 5.35. The van der Waals surface area contributed by atoms with E-state index < -0.39 is 15.8 Å². The van der Waals surface area contributed by atoms with Gasteiger partial charge in [-0.2, -0.15) is 0 Å². The summed E-state index contributed by atoms with van der Waals surface area (Å²) in [4.78, 5) is 18.1. The van der Waals surface area contributed by atoms with E-state index in [4.69, 9.17) is 0 Å². The predicted molar refractivity (Wildman–Crippen MR) is 135 cm³/mol. The fraction of sp³-hybridized carbons (Fsp3) is 0.296. The van der Waals surface area contributed by atoms with Gasteiger partial charge < -0.3 is 9.80 Å². The van der Waals surface area contributed by atoms with E-state index in [1.807, 2.05) is 24.0 Å². The summed E-state index contributed by atoms with van der Waals surface area (Å²) in [6.45, 7) is 5.34. The third-order valence-corrected chi connectivity index (χ3v) is 8.53. The molecular weight excluding hydrogens is 465 g/mol. The molecule has 2 atom stereocenters. The Balaban J connectivity index is 1.53. The van der Waals surface area contributed by atoms with E-state index in [1.165, 1.54) is 19.1 Å². The smallest absolute Gasteiger partial charge is 0.262 e. The molecule has 8 heteroatoms. The van der Waals surface area contributed by atoms with Crippen LogP contribution in [0.3, 0.4) is 0 Å². The van der Waals surface area contributed by atoms with Crippen LogP contribution in [0.25, 0.3) is 0 Å². The number of hydrogen-bond donors (Lipinski definition) is 1. The third-order valence-electron chi connectivity index (χ3n) is 7.00. The van der Waals surface area contributed by atoms with Gasteiger partial charge in [0, 0.05) is 24.2 Å². The number of aryl methyl sites for hydroxylation is 2. The molecule has 5 rings (SSSR count). The lowest BCUT2D eigenvalue weighted by Gasteiger charge is -2.36. The summed E-state index contributed by atoms with van der Waals surface area (Å²) in [7, 11) is -1.94. The third kappa shape index (κ3) is 4.21. The molecule has 182 valence electrons. The zero-order valence-corrected chi connectivity index (χ0v) is 20.8. The summed E-state index contributed by atoms with van der Waals surface area (Å²) in [5.74, 6) is -0.535. The second-order valence-electron chi connectivity index (χ2n) is 9.52. The first-order chi connectivity index (χ1) is 16.7. The van der Waals surface area contributed by atoms with Gasteiger partial charge in [-0.15, -0.1) is 0 Å². The summed E-state index contributed by atoms with van der Waals surface area (Å²) < 4.78 is 42.4. The van der Waals surface area contributed by atoms with Crippen LogP contribution in [0.1, 0.15) is 39.4 Å². The average molecular weight is 494 g/mol. The van der Waals surface area contributed by atoms with Crippen molar-refractivity contribution in [2.75, 3.05) is 29.8 Å². The molecular formula is C27H28FN3O3S. The van der Waals surface area contributed by atoms with Crippen LogP contribution in [0, 0.1) is 19.7 Å². The van der Waals surface area contributed by atoms with E-state index >= 15 is 0 Å². The van der Waals surface area contributed by atoms with E-state index in [2.05, 4.69) is 22.7 Å². The number of nitrogens with zero attached hydrogens (tertiary/aromatic N) is 2. The highest BCUT2D eigenvalue weighted by molar-refractivity contribution is 7.92. The minimum absolute atomic E-state index is 0.0134. The summed E-state index contributed by atoms with van der Waals surface area (Å²) in [5.41, 5.74) is 3.97. The van der Waals surface area contributed by atoms with E-state index in [0.717, 1.165) is 42.4 Å². The summed E-state index contributed by atoms with van der Waals surface area (Å²) >= 11 is 0. The topological polar surface area (TPSA) is 69.7 Å². The molecule has 1 fully saturated rings. The number of para-hydroxylation sites is 1. The maximum atomic E-state index is 14.0. The number of carbonyl (C=O) groups excluding carboxylic acids is 1. The highest BCUT2D eigenvalue weighted by atomic mass is 32.2. The second kappa shape index (κ2) is 8.77. The first-order valence-corrected chi connectivity index (χ1v) is 13.1. The van der Waals surface area contributed by atoms with Gasteiger partial charge in [0.25, 0.3) is 15.9 Å². The summed E-state index contributed by atoms with van der Waals surface area (Å²) in [6.07, 6.45) is 0.837. The minimum Gasteiger partial charge on any atom is -0.306 e. The average Bonchev–Trinajstić information content (AvgIpc) is 3.11. The molecule has 1 saturated heterocycles. The zero-order valence-electron chi connectivity index (χ0n) is 20.0. The molecule has 2 aliphatic rings. The first kappa shape index (κ1) is 23.5. The highest BCUT2D eigenvalue weighted by Crippen LogP contribution is 2.46. The van der Waals surface area contributed by atoms with Crippen molar-refractivity contribution in [3.8, 4) is 0 Å². The number of nitrogens with one attached hydrogen (secondary N) is 1. The van der Waals surface area contributed by atoms with Crippen molar-refractivity contribution in [1.29, 1.82) is 0 Å². The van der Waals surface area contributed by atoms with Crippen molar-refractivity contribution in [2.24, 2.45) is 0 Å². The Labute approximate surface area is 205 Å². The molecule has 3 aromatic rings. The lowest BCUT2D eigenvalue weighted by Crippen LogP contribution is -2.47. The van der Waals surface area contributed by atoms with Crippen molar-refractivity contribution < 1.29 is 17.6 Å². The second-order valence-corrected chi connectivity index (χ2v) is 11.2. The molecule has 0 spiro atoms. The van der Waals surface area contributed by atoms with Crippen LogP contribution < -0.4 is 9.62 Å². The largest absolute Gasteiger partial charge is 0.306 e. The molecule has 0 aliphatic carbocycles. The van der Waals surface area contributed by atoms with E-state index in [9.17, 15) is 17.6 Å². The SMILES string of the molecule is Cc1ccc2c(c1)[C@H]1CN(C)CC[C@H]1N2C(=O)c1ccccc1NS(=O)(=O)c1ccc(F)cc1C. The van der Waals surface area contributed by atoms with E-state index in [-0.39, 0.29) is 34.0 Å². The van der Waals surface area contributed by atoms with Crippen molar-refractivity contribution in [3.63, 3.8) is 0 Å². The van der Waals surface area contributed by atoms with Crippen LogP contribution in [0.2, 0.25) is 0 Å². The zero-order chi connectivity index (χ0) is 24.9. The molecule has 1 amide bonds. The molecule has 2 heterocycles. The van der Waals surface area contributed by atoms with Gasteiger partial charge in [-0.05, 0) is 81.4 Å². The number of carbonyl (C=O) groups is 1. The molecule has 0 saturated carbocycles. The van der Waals surface area contributed by atoms with Crippen LogP contribution in [0.15, 0.2) is 65.6 Å². The van der Waals surface area contributed by atoms with Crippen molar-refractivity contribution in [1.82, 2.24) is 4.90 Å². The van der Waals surface area contributed by atoms with Crippen LogP contribution in [-0.2, 0) is 10.0 Å². The van der Waals surface area contributed by atoms with Gasteiger partial charge in [-0.1, -0.05) is 29.8 Å². The van der Waals surface area contributed by atoms with Gasteiger partial charge in [0.2, 0.25) is 0 Å². The maximum Gasteiger partial charge on any atom is 0.262 e.